The smallest absolute Gasteiger partial charge is 0.328 e. The number of hydrogen-bond acceptors (Lipinski definition) is 6. The van der Waals surface area contributed by atoms with Crippen molar-refractivity contribution in [2.45, 2.75) is 24.4 Å². The van der Waals surface area contributed by atoms with Gasteiger partial charge in [0.25, 0.3) is 5.56 Å². The second-order valence-corrected chi connectivity index (χ2v) is 5.38. The van der Waals surface area contributed by atoms with Crippen LogP contribution in [-0.2, 0) is 0 Å². The lowest BCUT2D eigenvalue weighted by Gasteiger charge is -2.21. The Labute approximate surface area is 127 Å². The van der Waals surface area contributed by atoms with E-state index in [1.54, 1.807) is 0 Å². The minimum absolute atomic E-state index is 0.132. The number of nitrogens with one attached hydrogen (secondary N) is 1. The lowest BCUT2D eigenvalue weighted by atomic mass is 10.0. The molecule has 1 aliphatic rings. The van der Waals surface area contributed by atoms with Crippen LogP contribution < -0.4 is 11.2 Å². The fraction of sp³-hybridized carbons (Fsp3) is 0.500. The summed E-state index contributed by atoms with van der Waals surface area (Å²) in [4.78, 5) is 27.0. The first-order valence-electron chi connectivity index (χ1n) is 6.19. The van der Waals surface area contributed by atoms with Crippen LogP contribution in [0.25, 0.3) is 6.08 Å². The van der Waals surface area contributed by atoms with Crippen LogP contribution in [0.5, 0.6) is 0 Å². The number of aliphatic hydroxyl groups excluding tert-OH is 4. The molecule has 116 valence electrons. The van der Waals surface area contributed by atoms with Crippen molar-refractivity contribution in [1.29, 1.82) is 0 Å². The number of aliphatic hydroxyl groups is 4. The molecule has 0 radical (unpaired) electrons. The highest BCUT2D eigenvalue weighted by Gasteiger charge is 2.49. The van der Waals surface area contributed by atoms with Crippen LogP contribution in [0.15, 0.2) is 20.8 Å². The molecular formula is C12H15BrN2O6. The van der Waals surface area contributed by atoms with Gasteiger partial charge in [-0.05, 0) is 11.1 Å². The molecular weight excluding hydrogens is 348 g/mol. The highest BCUT2D eigenvalue weighted by molar-refractivity contribution is 9.11. The summed E-state index contributed by atoms with van der Waals surface area (Å²) in [5, 5.41) is 39.0. The Morgan fingerprint density at radius 3 is 2.43 bits per heavy atom. The van der Waals surface area contributed by atoms with E-state index in [-0.39, 0.29) is 5.56 Å². The number of hydrogen-bond donors (Lipinski definition) is 5. The van der Waals surface area contributed by atoms with Gasteiger partial charge in [0.15, 0.2) is 0 Å². The van der Waals surface area contributed by atoms with Gasteiger partial charge in [0, 0.05) is 12.1 Å². The van der Waals surface area contributed by atoms with E-state index in [2.05, 4.69) is 20.9 Å². The lowest BCUT2D eigenvalue weighted by Crippen LogP contribution is -2.40. The molecule has 9 heteroatoms. The van der Waals surface area contributed by atoms with Gasteiger partial charge >= 0.3 is 5.69 Å². The lowest BCUT2D eigenvalue weighted by molar-refractivity contribution is -0.00809. The van der Waals surface area contributed by atoms with Crippen LogP contribution in [0.4, 0.5) is 0 Å². The van der Waals surface area contributed by atoms with Gasteiger partial charge in [0.2, 0.25) is 0 Å². The van der Waals surface area contributed by atoms with Gasteiger partial charge in [-0.1, -0.05) is 15.9 Å². The molecule has 5 atom stereocenters. The molecule has 0 aromatic carbocycles. The highest BCUT2D eigenvalue weighted by atomic mass is 79.9. The van der Waals surface area contributed by atoms with E-state index in [4.69, 9.17) is 5.11 Å². The molecule has 8 nitrogen and oxygen atoms in total. The molecule has 0 aliphatic heterocycles. The van der Waals surface area contributed by atoms with Crippen LogP contribution in [0, 0.1) is 5.92 Å². The summed E-state index contributed by atoms with van der Waals surface area (Å²) in [7, 11) is 0. The Bertz CT molecular complexity index is 654. The Morgan fingerprint density at radius 2 is 1.90 bits per heavy atom. The molecule has 0 saturated heterocycles. The summed E-state index contributed by atoms with van der Waals surface area (Å²) in [5.41, 5.74) is -1.30. The summed E-state index contributed by atoms with van der Waals surface area (Å²) in [6.45, 7) is -0.540. The van der Waals surface area contributed by atoms with Crippen molar-refractivity contribution in [3.63, 3.8) is 0 Å². The summed E-state index contributed by atoms with van der Waals surface area (Å²) >= 11 is 3.01. The van der Waals surface area contributed by atoms with Crippen molar-refractivity contribution in [3.8, 4) is 0 Å². The highest BCUT2D eigenvalue weighted by Crippen LogP contribution is 2.34. The fourth-order valence-corrected chi connectivity index (χ4v) is 2.85. The van der Waals surface area contributed by atoms with Crippen molar-refractivity contribution in [2.75, 3.05) is 6.61 Å². The molecule has 1 fully saturated rings. The third-order valence-corrected chi connectivity index (χ3v) is 3.96. The first-order valence-corrected chi connectivity index (χ1v) is 7.11. The maximum atomic E-state index is 11.9. The maximum absolute atomic E-state index is 11.9. The van der Waals surface area contributed by atoms with E-state index in [1.165, 1.54) is 17.3 Å². The zero-order valence-electron chi connectivity index (χ0n) is 10.8. The van der Waals surface area contributed by atoms with Crippen molar-refractivity contribution in [1.82, 2.24) is 9.55 Å². The molecule has 1 heterocycles. The first-order chi connectivity index (χ1) is 9.92. The molecule has 5 N–H and O–H groups in total. The number of aromatic nitrogens is 2. The summed E-state index contributed by atoms with van der Waals surface area (Å²) < 4.78 is 0.956. The largest absolute Gasteiger partial charge is 0.396 e. The van der Waals surface area contributed by atoms with Gasteiger partial charge in [0.1, 0.15) is 6.10 Å². The predicted molar refractivity (Wildman–Crippen MR) is 76.9 cm³/mol. The van der Waals surface area contributed by atoms with Crippen LogP contribution in [0.2, 0.25) is 0 Å². The monoisotopic (exact) mass is 362 g/mol. The normalized spacial score (nSPS) is 32.9. The number of rotatable bonds is 3. The zero-order valence-corrected chi connectivity index (χ0v) is 12.3. The van der Waals surface area contributed by atoms with E-state index in [1.807, 2.05) is 0 Å². The summed E-state index contributed by atoms with van der Waals surface area (Å²) in [6, 6.07) is -1.16. The summed E-state index contributed by atoms with van der Waals surface area (Å²) in [6.07, 6.45) is -1.57. The van der Waals surface area contributed by atoms with Crippen molar-refractivity contribution in [3.05, 3.63) is 37.6 Å². The van der Waals surface area contributed by atoms with E-state index in [0.717, 1.165) is 4.57 Å². The molecule has 0 amide bonds. The van der Waals surface area contributed by atoms with Crippen LogP contribution in [-0.4, -0.2) is 54.9 Å². The topological polar surface area (TPSA) is 136 Å². The van der Waals surface area contributed by atoms with Gasteiger partial charge in [-0.3, -0.25) is 14.3 Å². The second-order valence-electron chi connectivity index (χ2n) is 4.85. The molecule has 1 aliphatic carbocycles. The van der Waals surface area contributed by atoms with Gasteiger partial charge in [-0.2, -0.15) is 0 Å². The van der Waals surface area contributed by atoms with Crippen molar-refractivity contribution in [2.24, 2.45) is 5.92 Å². The Balaban J connectivity index is 2.54. The molecule has 1 aromatic heterocycles. The van der Waals surface area contributed by atoms with Crippen molar-refractivity contribution >= 4 is 22.0 Å². The van der Waals surface area contributed by atoms with Gasteiger partial charge in [-0.25, -0.2) is 4.79 Å². The van der Waals surface area contributed by atoms with Crippen LogP contribution >= 0.6 is 15.9 Å². The molecule has 1 saturated carbocycles. The molecule has 2 rings (SSSR count). The first kappa shape index (κ1) is 16.1. The average Bonchev–Trinajstić information content (AvgIpc) is 2.64. The Morgan fingerprint density at radius 1 is 1.24 bits per heavy atom. The fourth-order valence-electron chi connectivity index (χ4n) is 2.57. The SMILES string of the molecule is O=c1[nH]c(=O)n([C@H]2C(O)C(O)[C@@H](CO)[C@H]2O)cc1C=CBr. The van der Waals surface area contributed by atoms with Gasteiger partial charge in [0.05, 0.1) is 30.4 Å². The minimum Gasteiger partial charge on any atom is -0.396 e. The molecule has 0 bridgehead atoms. The third-order valence-electron chi connectivity index (χ3n) is 3.70. The van der Waals surface area contributed by atoms with Gasteiger partial charge in [-0.15, -0.1) is 0 Å². The number of nitrogens with zero attached hydrogens (tertiary/aromatic N) is 1. The average molecular weight is 363 g/mol. The molecule has 21 heavy (non-hydrogen) atoms. The second kappa shape index (κ2) is 6.24. The van der Waals surface area contributed by atoms with Crippen LogP contribution in [0.3, 0.4) is 0 Å². The van der Waals surface area contributed by atoms with Crippen LogP contribution in [0.1, 0.15) is 11.6 Å². The molecule has 0 spiro atoms. The standard InChI is InChI=1S/C12H15BrN2O6/c13-2-1-5-3-15(12(21)14-11(5)20)7-8(17)6(4-16)9(18)10(7)19/h1-3,6-10,16-19H,4H2,(H,14,20,21)/t6-,7+,8+,9?,10?/m0/s1. The molecule has 1 aromatic rings. The van der Waals surface area contributed by atoms with E-state index < -0.39 is 48.1 Å². The Kier molecular flexibility index (Phi) is 4.79. The number of halogens is 1. The quantitative estimate of drug-likeness (QED) is 0.428. The number of aromatic amines is 1. The zero-order chi connectivity index (χ0) is 15.7. The molecule has 2 unspecified atom stereocenters. The predicted octanol–water partition coefficient (Wildman–Crippen LogP) is -1.85. The van der Waals surface area contributed by atoms with E-state index in [0.29, 0.717) is 0 Å². The van der Waals surface area contributed by atoms with E-state index in [9.17, 15) is 24.9 Å². The minimum atomic E-state index is -1.44. The van der Waals surface area contributed by atoms with Gasteiger partial charge < -0.3 is 20.4 Å². The van der Waals surface area contributed by atoms with Crippen molar-refractivity contribution < 1.29 is 20.4 Å². The Hall–Kier alpha value is -1.26. The summed E-state index contributed by atoms with van der Waals surface area (Å²) in [5.74, 6) is -0.973. The third kappa shape index (κ3) is 2.74. The number of H-pyrrole nitrogens is 1. The van der Waals surface area contributed by atoms with E-state index >= 15 is 0 Å². The maximum Gasteiger partial charge on any atom is 0.328 e.